The van der Waals surface area contributed by atoms with Gasteiger partial charge < -0.3 is 19.9 Å². The zero-order valence-corrected chi connectivity index (χ0v) is 23.0. The fourth-order valence-electron chi connectivity index (χ4n) is 3.30. The van der Waals surface area contributed by atoms with Crippen LogP contribution in [-0.2, 0) is 14.3 Å². The van der Waals surface area contributed by atoms with Crippen molar-refractivity contribution < 1.29 is 32.5 Å². The molecule has 3 N–H and O–H groups in total. The fraction of sp³-hybridized carbons (Fsp3) is 0.652. The summed E-state index contributed by atoms with van der Waals surface area (Å²) in [7, 11) is 2.47. The van der Waals surface area contributed by atoms with Gasteiger partial charge in [-0.15, -0.1) is 0 Å². The van der Waals surface area contributed by atoms with Gasteiger partial charge >= 0.3 is 17.8 Å². The third-order valence-corrected chi connectivity index (χ3v) is 8.18. The highest BCUT2D eigenvalue weighted by molar-refractivity contribution is 8.77. The molecule has 0 bridgehead atoms. The molecule has 1 fully saturated rings. The van der Waals surface area contributed by atoms with Crippen molar-refractivity contribution in [2.75, 3.05) is 32.2 Å². The lowest BCUT2D eigenvalue weighted by atomic mass is 10.0. The second-order valence-electron chi connectivity index (χ2n) is 9.21. The number of nitrogens with zero attached hydrogens (tertiary/aromatic N) is 2. The van der Waals surface area contributed by atoms with E-state index in [9.17, 15) is 32.7 Å². The molecule has 0 saturated carbocycles. The molecule has 1 unspecified atom stereocenters. The number of amides is 1. The highest BCUT2D eigenvalue weighted by Gasteiger charge is 2.39. The van der Waals surface area contributed by atoms with E-state index in [-0.39, 0.29) is 37.2 Å². The molecule has 1 aromatic rings. The van der Waals surface area contributed by atoms with E-state index in [0.717, 1.165) is 5.71 Å². The van der Waals surface area contributed by atoms with Crippen LogP contribution in [-0.4, -0.2) is 75.5 Å². The zero-order valence-electron chi connectivity index (χ0n) is 21.4. The molecule has 1 amide bonds. The molecule has 15 heteroatoms. The van der Waals surface area contributed by atoms with Crippen molar-refractivity contribution >= 4 is 33.2 Å². The van der Waals surface area contributed by atoms with Crippen molar-refractivity contribution in [2.45, 2.75) is 57.4 Å². The maximum Gasteiger partial charge on any atom is 0.471 e. The number of carbonyl (C=O) groups is 1. The minimum absolute atomic E-state index is 0.0341. The van der Waals surface area contributed by atoms with E-state index in [4.69, 9.17) is 9.47 Å². The Hall–Kier alpha value is -2.25. The lowest BCUT2D eigenvalue weighted by Gasteiger charge is -2.23. The number of ether oxygens (including phenoxy) is 2. The molecule has 1 aliphatic rings. The summed E-state index contributed by atoms with van der Waals surface area (Å²) in [6.45, 7) is 7.09. The largest absolute Gasteiger partial charge is 0.471 e. The summed E-state index contributed by atoms with van der Waals surface area (Å²) in [4.78, 5) is 42.1. The van der Waals surface area contributed by atoms with E-state index in [1.807, 2.05) is 19.2 Å². The van der Waals surface area contributed by atoms with Crippen molar-refractivity contribution in [1.29, 1.82) is 0 Å². The number of aromatic nitrogens is 2. The number of rotatable bonds is 11. The molecule has 10 nitrogen and oxygen atoms in total. The van der Waals surface area contributed by atoms with Gasteiger partial charge in [-0.25, -0.2) is 4.79 Å². The maximum atomic E-state index is 12.4. The van der Waals surface area contributed by atoms with E-state index in [0.29, 0.717) is 13.0 Å². The van der Waals surface area contributed by atoms with Gasteiger partial charge in [-0.05, 0) is 34.1 Å². The minimum Gasteiger partial charge on any atom is -0.394 e. The van der Waals surface area contributed by atoms with Crippen LogP contribution in [0.4, 0.5) is 13.2 Å². The summed E-state index contributed by atoms with van der Waals surface area (Å²) in [5, 5.41) is 11.5. The molecule has 212 valence electrons. The smallest absolute Gasteiger partial charge is 0.394 e. The number of hydrogen-bond donors (Lipinski definition) is 3. The van der Waals surface area contributed by atoms with Crippen LogP contribution >= 0.6 is 21.6 Å². The number of aliphatic hydroxyl groups is 1. The number of halogens is 3. The second kappa shape index (κ2) is 14.2. The number of aromatic amines is 1. The molecule has 1 saturated heterocycles. The van der Waals surface area contributed by atoms with Gasteiger partial charge in [0.15, 0.2) is 0 Å². The molecular weight excluding hydrogens is 549 g/mol. The number of alkyl halides is 3. The Labute approximate surface area is 225 Å². The van der Waals surface area contributed by atoms with Crippen LogP contribution < -0.4 is 16.6 Å². The number of hydrogen-bond acceptors (Lipinski definition) is 9. The number of H-pyrrole nitrogens is 1. The zero-order chi connectivity index (χ0) is 28.5. The van der Waals surface area contributed by atoms with Crippen molar-refractivity contribution in [1.82, 2.24) is 14.9 Å². The predicted molar refractivity (Wildman–Crippen MR) is 140 cm³/mol. The molecule has 0 aromatic carbocycles. The van der Waals surface area contributed by atoms with Crippen LogP contribution in [0.1, 0.15) is 45.9 Å². The fourth-order valence-corrected chi connectivity index (χ4v) is 5.43. The van der Waals surface area contributed by atoms with Gasteiger partial charge in [0, 0.05) is 35.7 Å². The summed E-state index contributed by atoms with van der Waals surface area (Å²) in [6, 6.07) is 0. The average molecular weight is 581 g/mol. The van der Waals surface area contributed by atoms with Gasteiger partial charge in [-0.2, -0.15) is 13.2 Å². The van der Waals surface area contributed by atoms with Gasteiger partial charge in [-0.1, -0.05) is 33.4 Å². The number of carbonyl (C=O) groups excluding carboxylic acids is 1. The standard InChI is InChI=1S/C23H31F3N4O6S2/c1-14(2)27-9-16-8-18(36-17(16)11-31)30-10-15(19(32)29-21(30)34)6-5-7-35-13-37-38-22(3,4)12-28-20(33)23(24,25)26/h10,16-18,31H,7-9,11-13H2,1-4H3,(H,28,33)(H,29,32,34)/t16?,17-,18-/m1/s1. The minimum atomic E-state index is -4.93. The van der Waals surface area contributed by atoms with Crippen molar-refractivity contribution in [3.8, 4) is 11.8 Å². The SMILES string of the molecule is CC(C)=NCC1C[C@H](n2cc(C#CCOCSSC(C)(C)CNC(=O)C(F)(F)F)c(=O)[nH]c2=O)O[C@@H]1CO. The molecule has 1 aliphatic heterocycles. The molecule has 1 aromatic heterocycles. The Balaban J connectivity index is 1.89. The summed E-state index contributed by atoms with van der Waals surface area (Å²) in [5.41, 5.74) is -0.393. The Kier molecular flexibility index (Phi) is 12.0. The summed E-state index contributed by atoms with van der Waals surface area (Å²) in [6.07, 6.45) is -4.38. The topological polar surface area (TPSA) is 135 Å². The van der Waals surface area contributed by atoms with Gasteiger partial charge in [0.05, 0.1) is 12.7 Å². The Bertz CT molecular complexity index is 1170. The van der Waals surface area contributed by atoms with Crippen molar-refractivity contribution in [2.24, 2.45) is 10.9 Å². The van der Waals surface area contributed by atoms with E-state index in [2.05, 4.69) is 21.8 Å². The third-order valence-electron chi connectivity index (χ3n) is 5.21. The van der Waals surface area contributed by atoms with Gasteiger partial charge in [0.1, 0.15) is 24.3 Å². The third kappa shape index (κ3) is 10.1. The molecule has 3 atom stereocenters. The first-order chi connectivity index (χ1) is 17.7. The Morgan fingerprint density at radius 3 is 2.71 bits per heavy atom. The maximum absolute atomic E-state index is 12.4. The van der Waals surface area contributed by atoms with Gasteiger partial charge in [0.2, 0.25) is 0 Å². The summed E-state index contributed by atoms with van der Waals surface area (Å²) < 4.78 is 48.7. The molecule has 2 rings (SSSR count). The number of nitrogens with one attached hydrogen (secondary N) is 2. The van der Waals surface area contributed by atoms with E-state index < -0.39 is 40.4 Å². The lowest BCUT2D eigenvalue weighted by molar-refractivity contribution is -0.173. The molecule has 0 aliphatic carbocycles. The Morgan fingerprint density at radius 2 is 2.08 bits per heavy atom. The first kappa shape index (κ1) is 32.0. The molecular formula is C23H31F3N4O6S2. The molecule has 0 spiro atoms. The Morgan fingerprint density at radius 1 is 1.37 bits per heavy atom. The normalized spacial score (nSPS) is 19.5. The van der Waals surface area contributed by atoms with Gasteiger partial charge in [-0.3, -0.25) is 24.1 Å². The van der Waals surface area contributed by atoms with Crippen LogP contribution in [0.5, 0.6) is 0 Å². The summed E-state index contributed by atoms with van der Waals surface area (Å²) in [5.74, 6) is 3.42. The summed E-state index contributed by atoms with van der Waals surface area (Å²) >= 11 is 0. The molecule has 2 heterocycles. The molecule has 0 radical (unpaired) electrons. The van der Waals surface area contributed by atoms with Crippen LogP contribution in [0, 0.1) is 17.8 Å². The van der Waals surface area contributed by atoms with E-state index >= 15 is 0 Å². The second-order valence-corrected chi connectivity index (χ2v) is 12.2. The van der Waals surface area contributed by atoms with Crippen molar-refractivity contribution in [3.63, 3.8) is 0 Å². The van der Waals surface area contributed by atoms with E-state index in [1.165, 1.54) is 32.4 Å². The highest BCUT2D eigenvalue weighted by atomic mass is 33.1. The van der Waals surface area contributed by atoms with Crippen molar-refractivity contribution in [3.05, 3.63) is 32.6 Å². The monoisotopic (exact) mass is 580 g/mol. The first-order valence-corrected chi connectivity index (χ1v) is 13.9. The number of aliphatic hydroxyl groups excluding tert-OH is 1. The first-order valence-electron chi connectivity index (χ1n) is 11.5. The van der Waals surface area contributed by atoms with Crippen LogP contribution in [0.3, 0.4) is 0 Å². The highest BCUT2D eigenvalue weighted by Crippen LogP contribution is 2.35. The molecule has 38 heavy (non-hydrogen) atoms. The quantitative estimate of drug-likeness (QED) is 0.119. The average Bonchev–Trinajstić information content (AvgIpc) is 3.24. The van der Waals surface area contributed by atoms with Gasteiger partial charge in [0.25, 0.3) is 5.56 Å². The van der Waals surface area contributed by atoms with Crippen LogP contribution in [0.25, 0.3) is 0 Å². The van der Waals surface area contributed by atoms with E-state index in [1.54, 1.807) is 13.8 Å². The van der Waals surface area contributed by atoms with Crippen LogP contribution in [0.2, 0.25) is 0 Å². The van der Waals surface area contributed by atoms with Crippen LogP contribution in [0.15, 0.2) is 20.8 Å². The predicted octanol–water partition coefficient (Wildman–Crippen LogP) is 2.08. The number of aliphatic imine (C=N–C) groups is 1. The lowest BCUT2D eigenvalue weighted by Crippen LogP contribution is -2.42.